The highest BCUT2D eigenvalue weighted by molar-refractivity contribution is 8.76. The molecule has 0 aliphatic carbocycles. The summed E-state index contributed by atoms with van der Waals surface area (Å²) >= 11 is 0. The molecule has 4 nitrogen and oxygen atoms in total. The van der Waals surface area contributed by atoms with Crippen molar-refractivity contribution in [3.8, 4) is 0 Å². The van der Waals surface area contributed by atoms with Crippen LogP contribution in [0, 0.1) is 0 Å². The van der Waals surface area contributed by atoms with Crippen LogP contribution in [0.4, 0.5) is 12.9 Å². The Morgan fingerprint density at radius 2 is 2.11 bits per heavy atom. The predicted octanol–water partition coefficient (Wildman–Crippen LogP) is 2.11. The molecule has 1 aromatic heterocycles. The van der Waals surface area contributed by atoms with Crippen molar-refractivity contribution in [1.82, 2.24) is 4.98 Å². The highest BCUT2D eigenvalue weighted by atomic mass is 33.1. The number of halogens is 3. The molecule has 3 N–H and O–H groups in total. The fraction of sp³-hybridized carbons (Fsp3) is 0.250. The number of carbonyl (C=O) groups is 1. The number of pyridine rings is 1. The molecule has 0 amide bonds. The number of hydrogen-bond donors (Lipinski definition) is 2. The van der Waals surface area contributed by atoms with Crippen molar-refractivity contribution in [1.29, 1.82) is 0 Å². The third kappa shape index (κ3) is 10.3. The van der Waals surface area contributed by atoms with Gasteiger partial charge in [-0.2, -0.15) is 0 Å². The average molecular weight is 298 g/mol. The smallest absolute Gasteiger partial charge is 0.480 e. The number of carboxylic acid groups (broad SMARTS) is 1. The molecule has 10 heteroatoms. The molecule has 1 heterocycles. The third-order valence-electron chi connectivity index (χ3n) is 1.35. The van der Waals surface area contributed by atoms with E-state index < -0.39 is 19.6 Å². The van der Waals surface area contributed by atoms with Gasteiger partial charge in [0.2, 0.25) is 0 Å². The van der Waals surface area contributed by atoms with Gasteiger partial charge in [-0.05, 0) is 22.9 Å². The zero-order valence-electron chi connectivity index (χ0n) is 9.00. The second kappa shape index (κ2) is 10.1. The first kappa shape index (κ1) is 17.1. The maximum Gasteiger partial charge on any atom is 0.762 e. The van der Waals surface area contributed by atoms with E-state index in [0.29, 0.717) is 5.75 Å². The molecule has 1 aromatic rings. The van der Waals surface area contributed by atoms with Gasteiger partial charge in [0.1, 0.15) is 11.1 Å². The lowest BCUT2D eigenvalue weighted by molar-refractivity contribution is -0.137. The van der Waals surface area contributed by atoms with E-state index in [0.717, 1.165) is 5.03 Å². The molecule has 0 aliphatic rings. The van der Waals surface area contributed by atoms with Gasteiger partial charge in [0, 0.05) is 11.9 Å². The summed E-state index contributed by atoms with van der Waals surface area (Å²) < 4.78 is 29.0. The van der Waals surface area contributed by atoms with Gasteiger partial charge in [-0.25, -0.2) is 4.98 Å². The van der Waals surface area contributed by atoms with E-state index in [4.69, 9.17) is 10.8 Å². The van der Waals surface area contributed by atoms with Crippen LogP contribution in [0.5, 0.6) is 0 Å². The monoisotopic (exact) mass is 298 g/mol. The maximum atomic E-state index is 10.4. The van der Waals surface area contributed by atoms with Gasteiger partial charge >= 0.3 is 13.5 Å². The normalized spacial score (nSPS) is 11.1. The lowest BCUT2D eigenvalue weighted by atomic mass is 10.4. The molecule has 0 saturated carbocycles. The molecule has 0 saturated heterocycles. The molecule has 0 bridgehead atoms. The summed E-state index contributed by atoms with van der Waals surface area (Å²) in [7, 11) is -0.847. The van der Waals surface area contributed by atoms with Gasteiger partial charge in [0.15, 0.2) is 0 Å². The van der Waals surface area contributed by atoms with Gasteiger partial charge in [-0.3, -0.25) is 17.7 Å². The van der Waals surface area contributed by atoms with Crippen LogP contribution in [0.1, 0.15) is 0 Å². The first-order valence-electron chi connectivity index (χ1n) is 4.54. The number of nitrogens with two attached hydrogens (primary N) is 1. The van der Waals surface area contributed by atoms with Crippen LogP contribution in [-0.2, 0) is 4.79 Å². The minimum atomic E-state index is -3.67. The van der Waals surface area contributed by atoms with E-state index in [-0.39, 0.29) is 0 Å². The van der Waals surface area contributed by atoms with Crippen LogP contribution in [0.3, 0.4) is 0 Å². The first-order chi connectivity index (χ1) is 8.43. The van der Waals surface area contributed by atoms with Crippen LogP contribution in [0.15, 0.2) is 29.4 Å². The maximum absolute atomic E-state index is 10.4. The molecular weight excluding hydrogens is 288 g/mol. The van der Waals surface area contributed by atoms with Crippen LogP contribution in [0.2, 0.25) is 0 Å². The zero-order chi connectivity index (χ0) is 14.0. The minimum absolute atomic E-state index is 0.372. The van der Waals surface area contributed by atoms with Gasteiger partial charge in [0.25, 0.3) is 0 Å². The Labute approximate surface area is 110 Å². The lowest BCUT2D eigenvalue weighted by Crippen LogP contribution is -2.32. The molecule has 1 atom stereocenters. The Morgan fingerprint density at radius 3 is 2.56 bits per heavy atom. The SMILES string of the molecule is FB(F)F.N[C@H](CSSc1ccccn1)C(=O)O. The zero-order valence-corrected chi connectivity index (χ0v) is 10.6. The molecule has 0 spiro atoms. The van der Waals surface area contributed by atoms with Crippen LogP contribution in [0.25, 0.3) is 0 Å². The Hall–Kier alpha value is -0.865. The molecule has 18 heavy (non-hydrogen) atoms. The summed E-state index contributed by atoms with van der Waals surface area (Å²) in [5, 5.41) is 9.37. The van der Waals surface area contributed by atoms with E-state index in [1.165, 1.54) is 21.6 Å². The number of rotatable bonds is 5. The van der Waals surface area contributed by atoms with Crippen molar-refractivity contribution in [2.24, 2.45) is 5.73 Å². The third-order valence-corrected chi connectivity index (χ3v) is 3.65. The molecule has 0 unspecified atom stereocenters. The molecule has 100 valence electrons. The molecule has 0 aromatic carbocycles. The number of aliphatic carboxylic acids is 1. The van der Waals surface area contributed by atoms with Crippen LogP contribution in [-0.4, -0.2) is 35.4 Å². The Morgan fingerprint density at radius 1 is 1.50 bits per heavy atom. The Bertz CT molecular complexity index is 346. The fourth-order valence-electron chi connectivity index (χ4n) is 0.635. The van der Waals surface area contributed by atoms with Gasteiger partial charge < -0.3 is 10.8 Å². The number of aromatic nitrogens is 1. The summed E-state index contributed by atoms with van der Waals surface area (Å²) in [4.78, 5) is 14.5. The molecule has 0 fully saturated rings. The van der Waals surface area contributed by atoms with Crippen molar-refractivity contribution in [3.63, 3.8) is 0 Å². The average Bonchev–Trinajstić information content (AvgIpc) is 2.29. The predicted molar refractivity (Wildman–Crippen MR) is 67.2 cm³/mol. The summed E-state index contributed by atoms with van der Waals surface area (Å²) in [6, 6.07) is 4.77. The summed E-state index contributed by atoms with van der Waals surface area (Å²) in [5.41, 5.74) is 5.33. The van der Waals surface area contributed by atoms with Crippen molar-refractivity contribution in [2.45, 2.75) is 11.1 Å². The summed E-state index contributed by atoms with van der Waals surface area (Å²) in [6.45, 7) is 0. The lowest BCUT2D eigenvalue weighted by Gasteiger charge is -2.04. The topological polar surface area (TPSA) is 76.2 Å². The molecular formula is C8H10BF3N2O2S2. The van der Waals surface area contributed by atoms with E-state index >= 15 is 0 Å². The summed E-state index contributed by atoms with van der Waals surface area (Å²) in [5.74, 6) is -0.601. The standard InChI is InChI=1S/C8H10N2O2S2.BF3/c9-6(8(11)12)5-13-14-7-3-1-2-4-10-7;2-1(3)4/h1-4,6H,5,9H2,(H,11,12);/t6-;/m1./s1. The quantitative estimate of drug-likeness (QED) is 0.640. The van der Waals surface area contributed by atoms with Crippen molar-refractivity contribution in [2.75, 3.05) is 5.75 Å². The Balaban J connectivity index is 0.000000631. The van der Waals surface area contributed by atoms with Gasteiger partial charge in [0.05, 0.1) is 0 Å². The Kier molecular flexibility index (Phi) is 9.61. The van der Waals surface area contributed by atoms with Crippen molar-refractivity contribution in [3.05, 3.63) is 24.4 Å². The summed E-state index contributed by atoms with van der Waals surface area (Å²) in [6.07, 6.45) is 1.69. The second-order valence-electron chi connectivity index (χ2n) is 2.73. The molecule has 1 rings (SSSR count). The fourth-order valence-corrected chi connectivity index (χ4v) is 2.65. The number of carboxylic acids is 1. The van der Waals surface area contributed by atoms with Gasteiger partial charge in [-0.1, -0.05) is 16.9 Å². The first-order valence-corrected chi connectivity index (χ1v) is 6.86. The van der Waals surface area contributed by atoms with Crippen LogP contribution >= 0.6 is 21.6 Å². The second-order valence-corrected chi connectivity index (χ2v) is 5.09. The van der Waals surface area contributed by atoms with E-state index in [1.807, 2.05) is 18.2 Å². The van der Waals surface area contributed by atoms with E-state index in [1.54, 1.807) is 6.20 Å². The molecule has 0 aliphatic heterocycles. The van der Waals surface area contributed by atoms with E-state index in [9.17, 15) is 17.7 Å². The van der Waals surface area contributed by atoms with E-state index in [2.05, 4.69) is 4.98 Å². The highest BCUT2D eigenvalue weighted by Gasteiger charge is 2.11. The largest absolute Gasteiger partial charge is 0.762 e. The van der Waals surface area contributed by atoms with Crippen LogP contribution < -0.4 is 5.73 Å². The number of hydrogen-bond acceptors (Lipinski definition) is 5. The highest BCUT2D eigenvalue weighted by Crippen LogP contribution is 2.28. The van der Waals surface area contributed by atoms with Crippen molar-refractivity contribution >= 4 is 35.1 Å². The van der Waals surface area contributed by atoms with Gasteiger partial charge in [-0.15, -0.1) is 0 Å². The molecule has 0 radical (unpaired) electrons. The minimum Gasteiger partial charge on any atom is -0.480 e. The van der Waals surface area contributed by atoms with Crippen molar-refractivity contribution < 1.29 is 22.8 Å². The number of nitrogens with zero attached hydrogens (tertiary/aromatic N) is 1.